The smallest absolute Gasteiger partial charge is 0.249 e. The van der Waals surface area contributed by atoms with Gasteiger partial charge in [0.25, 0.3) is 0 Å². The highest BCUT2D eigenvalue weighted by molar-refractivity contribution is 5.99. The number of carbonyl (C=O) groups is 1. The molecule has 0 spiro atoms. The number of carbonyl (C=O) groups excluding carboxylic acids is 1. The van der Waals surface area contributed by atoms with E-state index in [2.05, 4.69) is 10.3 Å². The maximum absolute atomic E-state index is 13.2. The molecule has 0 atom stereocenters. The number of nitrogens with one attached hydrogen (secondary N) is 1. The zero-order valence-corrected chi connectivity index (χ0v) is 13.8. The number of alkyl halides is 2. The molecule has 25 heavy (non-hydrogen) atoms. The molecule has 132 valence electrons. The van der Waals surface area contributed by atoms with Crippen LogP contribution in [0.4, 0.5) is 14.5 Å². The minimum atomic E-state index is -2.55. The molecule has 0 saturated heterocycles. The Hall–Kier alpha value is -2.75. The summed E-state index contributed by atoms with van der Waals surface area (Å²) < 4.78 is 31.6. The average Bonchev–Trinajstić information content (AvgIpc) is 2.59. The van der Waals surface area contributed by atoms with Gasteiger partial charge >= 0.3 is 0 Å². The largest absolute Gasteiger partial charge is 0.481 e. The predicted octanol–water partition coefficient (Wildman–Crippen LogP) is 3.95. The number of anilines is 1. The monoisotopic (exact) mass is 347 g/mol. The van der Waals surface area contributed by atoms with Crippen LogP contribution in [0.15, 0.2) is 30.5 Å². The van der Waals surface area contributed by atoms with E-state index in [0.29, 0.717) is 30.0 Å². The summed E-state index contributed by atoms with van der Waals surface area (Å²) in [6.07, 6.45) is 7.97. The second-order valence-corrected chi connectivity index (χ2v) is 5.83. The van der Waals surface area contributed by atoms with Crippen LogP contribution >= 0.6 is 0 Å². The maximum atomic E-state index is 13.2. The van der Waals surface area contributed by atoms with Gasteiger partial charge in [0.1, 0.15) is 0 Å². The molecule has 1 fully saturated rings. The van der Waals surface area contributed by atoms with Gasteiger partial charge in [0.2, 0.25) is 17.7 Å². The van der Waals surface area contributed by atoms with Crippen LogP contribution in [-0.4, -0.2) is 23.9 Å². The van der Waals surface area contributed by atoms with Gasteiger partial charge in [-0.05, 0) is 24.8 Å². The van der Waals surface area contributed by atoms with Gasteiger partial charge in [0, 0.05) is 30.6 Å². The molecule has 1 aliphatic carbocycles. The molecule has 0 radical (unpaired) electrons. The standard InChI is InChI=1S/C18H19F2N3O2/c1-25-17-14(5-4-13-6-8-18(19,20)9-7-13)11-15(12-22-17)23-16(24)3-2-10-21/h2-5,11-13H,6-9H2,1H3,(H,23,24)/b3-2+,5-4+. The third-order valence-electron chi connectivity index (χ3n) is 3.96. The molecule has 1 N–H and O–H groups in total. The fourth-order valence-corrected chi connectivity index (χ4v) is 2.62. The molecule has 0 aliphatic heterocycles. The Morgan fingerprint density at radius 2 is 2.20 bits per heavy atom. The number of amides is 1. The molecule has 1 saturated carbocycles. The van der Waals surface area contributed by atoms with Gasteiger partial charge < -0.3 is 10.1 Å². The lowest BCUT2D eigenvalue weighted by Gasteiger charge is -2.26. The summed E-state index contributed by atoms with van der Waals surface area (Å²) in [7, 11) is 1.48. The molecule has 1 amide bonds. The van der Waals surface area contributed by atoms with Crippen LogP contribution < -0.4 is 10.1 Å². The molecule has 2 rings (SSSR count). The van der Waals surface area contributed by atoms with Crippen molar-refractivity contribution in [1.82, 2.24) is 4.98 Å². The third kappa shape index (κ3) is 5.68. The Morgan fingerprint density at radius 3 is 2.84 bits per heavy atom. The lowest BCUT2D eigenvalue weighted by Crippen LogP contribution is -2.23. The number of methoxy groups -OCH3 is 1. The van der Waals surface area contributed by atoms with E-state index in [1.807, 2.05) is 6.08 Å². The van der Waals surface area contributed by atoms with Gasteiger partial charge in [-0.2, -0.15) is 5.26 Å². The number of ether oxygens (including phenoxy) is 1. The Labute approximate surface area is 145 Å². The lowest BCUT2D eigenvalue weighted by atomic mass is 9.86. The van der Waals surface area contributed by atoms with Crippen molar-refractivity contribution in [2.75, 3.05) is 12.4 Å². The fourth-order valence-electron chi connectivity index (χ4n) is 2.62. The molecular weight excluding hydrogens is 328 g/mol. The van der Waals surface area contributed by atoms with E-state index < -0.39 is 11.8 Å². The zero-order chi connectivity index (χ0) is 18.3. The highest BCUT2D eigenvalue weighted by Crippen LogP contribution is 2.37. The van der Waals surface area contributed by atoms with E-state index in [9.17, 15) is 13.6 Å². The quantitative estimate of drug-likeness (QED) is 0.646. The van der Waals surface area contributed by atoms with Crippen LogP contribution in [-0.2, 0) is 4.79 Å². The highest BCUT2D eigenvalue weighted by atomic mass is 19.3. The number of hydrogen-bond acceptors (Lipinski definition) is 4. The van der Waals surface area contributed by atoms with Gasteiger partial charge in [-0.1, -0.05) is 12.2 Å². The van der Waals surface area contributed by atoms with E-state index in [0.717, 1.165) is 12.2 Å². The zero-order valence-electron chi connectivity index (χ0n) is 13.8. The van der Waals surface area contributed by atoms with Crippen LogP contribution in [0.5, 0.6) is 5.88 Å². The summed E-state index contributed by atoms with van der Waals surface area (Å²) >= 11 is 0. The van der Waals surface area contributed by atoms with Crippen molar-refractivity contribution in [3.63, 3.8) is 0 Å². The molecule has 1 aromatic rings. The molecule has 0 bridgehead atoms. The Balaban J connectivity index is 2.09. The first-order valence-corrected chi connectivity index (χ1v) is 7.91. The maximum Gasteiger partial charge on any atom is 0.249 e. The number of rotatable bonds is 5. The van der Waals surface area contributed by atoms with E-state index in [-0.39, 0.29) is 18.8 Å². The number of aromatic nitrogens is 1. The second-order valence-electron chi connectivity index (χ2n) is 5.83. The fraction of sp³-hybridized carbons (Fsp3) is 0.389. The summed E-state index contributed by atoms with van der Waals surface area (Å²) in [5.41, 5.74) is 1.09. The van der Waals surface area contributed by atoms with Crippen molar-refractivity contribution < 1.29 is 18.3 Å². The SMILES string of the molecule is COc1ncc(NC(=O)/C=C/C#N)cc1/C=C/C1CCC(F)(F)CC1. The summed E-state index contributed by atoms with van der Waals surface area (Å²) in [6, 6.07) is 3.41. The van der Waals surface area contributed by atoms with Crippen molar-refractivity contribution in [2.24, 2.45) is 5.92 Å². The average molecular weight is 347 g/mol. The molecule has 7 heteroatoms. The normalized spacial score (nSPS) is 17.5. The van der Waals surface area contributed by atoms with Crippen molar-refractivity contribution in [2.45, 2.75) is 31.6 Å². The van der Waals surface area contributed by atoms with E-state index in [1.165, 1.54) is 13.3 Å². The molecule has 1 heterocycles. The molecule has 0 aromatic carbocycles. The van der Waals surface area contributed by atoms with Crippen LogP contribution in [0, 0.1) is 17.2 Å². The number of halogens is 2. The number of hydrogen-bond donors (Lipinski definition) is 1. The van der Waals surface area contributed by atoms with E-state index >= 15 is 0 Å². The second kappa shape index (κ2) is 8.38. The molecule has 0 unspecified atom stereocenters. The predicted molar refractivity (Wildman–Crippen MR) is 90.1 cm³/mol. The first kappa shape index (κ1) is 18.6. The number of nitrogens with zero attached hydrogens (tertiary/aromatic N) is 2. The van der Waals surface area contributed by atoms with E-state index in [1.54, 1.807) is 18.2 Å². The summed E-state index contributed by atoms with van der Waals surface area (Å²) in [5.74, 6) is -2.54. The number of nitriles is 1. The Bertz CT molecular complexity index is 714. The molecule has 5 nitrogen and oxygen atoms in total. The van der Waals surface area contributed by atoms with Crippen molar-refractivity contribution >= 4 is 17.7 Å². The van der Waals surface area contributed by atoms with E-state index in [4.69, 9.17) is 10.00 Å². The van der Waals surface area contributed by atoms with Gasteiger partial charge in [0.15, 0.2) is 0 Å². The van der Waals surface area contributed by atoms with Crippen LogP contribution in [0.2, 0.25) is 0 Å². The number of pyridine rings is 1. The van der Waals surface area contributed by atoms with Crippen LogP contribution in [0.25, 0.3) is 6.08 Å². The van der Waals surface area contributed by atoms with Crippen LogP contribution in [0.1, 0.15) is 31.2 Å². The van der Waals surface area contributed by atoms with Gasteiger partial charge in [0.05, 0.1) is 25.1 Å². The van der Waals surface area contributed by atoms with Crippen molar-refractivity contribution in [3.05, 3.63) is 36.1 Å². The molecule has 1 aliphatic rings. The summed E-state index contributed by atoms with van der Waals surface area (Å²) in [5, 5.41) is 11.0. The third-order valence-corrected chi connectivity index (χ3v) is 3.96. The number of allylic oxidation sites excluding steroid dienone is 2. The summed E-state index contributed by atoms with van der Waals surface area (Å²) in [6.45, 7) is 0. The topological polar surface area (TPSA) is 75.0 Å². The minimum absolute atomic E-state index is 0.0844. The van der Waals surface area contributed by atoms with Crippen molar-refractivity contribution in [1.29, 1.82) is 5.26 Å². The first-order chi connectivity index (χ1) is 11.9. The van der Waals surface area contributed by atoms with Crippen LogP contribution in [0.3, 0.4) is 0 Å². The Morgan fingerprint density at radius 1 is 1.48 bits per heavy atom. The van der Waals surface area contributed by atoms with Gasteiger partial charge in [-0.25, -0.2) is 13.8 Å². The highest BCUT2D eigenvalue weighted by Gasteiger charge is 2.33. The minimum Gasteiger partial charge on any atom is -0.481 e. The lowest BCUT2D eigenvalue weighted by molar-refractivity contribution is -0.111. The molecular formula is C18H19F2N3O2. The summed E-state index contributed by atoms with van der Waals surface area (Å²) in [4.78, 5) is 15.7. The Kier molecular flexibility index (Phi) is 6.23. The van der Waals surface area contributed by atoms with Gasteiger partial charge in [-0.15, -0.1) is 0 Å². The first-order valence-electron chi connectivity index (χ1n) is 7.91. The van der Waals surface area contributed by atoms with Gasteiger partial charge in [-0.3, -0.25) is 4.79 Å². The molecule has 1 aromatic heterocycles. The van der Waals surface area contributed by atoms with Crippen molar-refractivity contribution in [3.8, 4) is 11.9 Å².